The van der Waals surface area contributed by atoms with E-state index >= 15 is 0 Å². The van der Waals surface area contributed by atoms with Crippen molar-refractivity contribution in [1.29, 1.82) is 0 Å². The Hall–Kier alpha value is -0.410. The Labute approximate surface area is 73.7 Å². The Morgan fingerprint density at radius 2 is 2.08 bits per heavy atom. The van der Waals surface area contributed by atoms with Crippen LogP contribution in [0.25, 0.3) is 0 Å². The molecule has 3 nitrogen and oxygen atoms in total. The number of carbonyl (C=O) groups is 1. The van der Waals surface area contributed by atoms with Crippen LogP contribution < -0.4 is 0 Å². The largest absolute Gasteiger partial charge is 0.359 e. The molecule has 0 radical (unpaired) electrons. The van der Waals surface area contributed by atoms with E-state index in [9.17, 15) is 4.79 Å². The summed E-state index contributed by atoms with van der Waals surface area (Å²) in [5.41, 5.74) is -0.358. The van der Waals surface area contributed by atoms with Crippen LogP contribution in [0.4, 0.5) is 0 Å². The molecule has 70 valence electrons. The second-order valence-corrected chi connectivity index (χ2v) is 4.16. The zero-order valence-corrected chi connectivity index (χ0v) is 8.26. The van der Waals surface area contributed by atoms with Crippen LogP contribution in [-0.4, -0.2) is 36.1 Å². The van der Waals surface area contributed by atoms with Crippen LogP contribution in [0.3, 0.4) is 0 Å². The molecule has 1 atom stereocenters. The summed E-state index contributed by atoms with van der Waals surface area (Å²) in [7, 11) is 2.00. The van der Waals surface area contributed by atoms with E-state index in [2.05, 4.69) is 11.8 Å². The van der Waals surface area contributed by atoms with Gasteiger partial charge in [-0.15, -0.1) is 0 Å². The van der Waals surface area contributed by atoms with Gasteiger partial charge in [-0.3, -0.25) is 4.90 Å². The molecule has 0 bridgehead atoms. The molecule has 0 aromatic rings. The summed E-state index contributed by atoms with van der Waals surface area (Å²) in [5, 5.41) is 0. The van der Waals surface area contributed by atoms with E-state index in [-0.39, 0.29) is 11.3 Å². The summed E-state index contributed by atoms with van der Waals surface area (Å²) in [6.45, 7) is 6.72. The molecule has 0 spiro atoms. The summed E-state index contributed by atoms with van der Waals surface area (Å²) >= 11 is 0. The van der Waals surface area contributed by atoms with Crippen LogP contribution in [0.5, 0.6) is 0 Å². The second kappa shape index (κ2) is 2.82. The van der Waals surface area contributed by atoms with Crippen LogP contribution in [0, 0.1) is 0 Å². The first kappa shape index (κ1) is 9.68. The second-order valence-electron chi connectivity index (χ2n) is 4.16. The molecule has 1 fully saturated rings. The lowest BCUT2D eigenvalue weighted by Crippen LogP contribution is -2.48. The predicted molar refractivity (Wildman–Crippen MR) is 46.9 cm³/mol. The molecule has 1 unspecified atom stereocenters. The molecule has 3 heteroatoms. The van der Waals surface area contributed by atoms with Crippen LogP contribution >= 0.6 is 0 Å². The third kappa shape index (κ3) is 1.39. The Balaban J connectivity index is 2.77. The number of ether oxygens (including phenoxy) is 1. The molecular weight excluding hydrogens is 154 g/mol. The lowest BCUT2D eigenvalue weighted by Gasteiger charge is -2.35. The smallest absolute Gasteiger partial charge is 0.121 e. The van der Waals surface area contributed by atoms with Gasteiger partial charge in [0.1, 0.15) is 12.0 Å². The van der Waals surface area contributed by atoms with Crippen LogP contribution in [0.1, 0.15) is 27.2 Å². The Kier molecular flexibility index (Phi) is 2.27. The predicted octanol–water partition coefficient (Wildman–Crippen LogP) is 1.03. The van der Waals surface area contributed by atoms with E-state index in [4.69, 9.17) is 4.74 Å². The average molecular weight is 171 g/mol. The molecule has 0 amide bonds. The van der Waals surface area contributed by atoms with Crippen molar-refractivity contribution in [3.8, 4) is 0 Å². The summed E-state index contributed by atoms with van der Waals surface area (Å²) in [6.07, 6.45) is 1.49. The van der Waals surface area contributed by atoms with Gasteiger partial charge in [-0.25, -0.2) is 0 Å². The van der Waals surface area contributed by atoms with E-state index in [1.54, 1.807) is 0 Å². The molecule has 1 aliphatic heterocycles. The van der Waals surface area contributed by atoms with Gasteiger partial charge in [0, 0.05) is 6.42 Å². The first-order chi connectivity index (χ1) is 5.42. The normalized spacial score (nSPS) is 35.3. The van der Waals surface area contributed by atoms with Crippen LogP contribution in [0.2, 0.25) is 0 Å². The van der Waals surface area contributed by atoms with Gasteiger partial charge < -0.3 is 9.53 Å². The molecule has 12 heavy (non-hydrogen) atoms. The quantitative estimate of drug-likeness (QED) is 0.581. The first-order valence-electron chi connectivity index (χ1n) is 4.24. The number of nitrogens with zero attached hydrogens (tertiary/aromatic N) is 1. The Morgan fingerprint density at radius 3 is 2.42 bits per heavy atom. The lowest BCUT2D eigenvalue weighted by molar-refractivity contribution is -0.110. The molecule has 1 saturated heterocycles. The highest BCUT2D eigenvalue weighted by molar-refractivity contribution is 5.52. The molecule has 0 aromatic carbocycles. The molecule has 1 heterocycles. The van der Waals surface area contributed by atoms with Crippen LogP contribution in [-0.2, 0) is 9.53 Å². The van der Waals surface area contributed by atoms with Crippen LogP contribution in [0.15, 0.2) is 0 Å². The minimum atomic E-state index is -0.238. The maximum atomic E-state index is 10.4. The minimum absolute atomic E-state index is 0.120. The van der Waals surface area contributed by atoms with Crippen molar-refractivity contribution in [1.82, 2.24) is 4.90 Å². The fourth-order valence-corrected chi connectivity index (χ4v) is 1.55. The van der Waals surface area contributed by atoms with E-state index in [1.165, 1.54) is 0 Å². The van der Waals surface area contributed by atoms with Gasteiger partial charge in [-0.05, 0) is 27.8 Å². The summed E-state index contributed by atoms with van der Waals surface area (Å²) in [4.78, 5) is 12.6. The van der Waals surface area contributed by atoms with Crippen molar-refractivity contribution >= 4 is 6.29 Å². The van der Waals surface area contributed by atoms with Crippen molar-refractivity contribution in [3.05, 3.63) is 0 Å². The summed E-state index contributed by atoms with van der Waals surface area (Å²) in [5.74, 6) is 0. The summed E-state index contributed by atoms with van der Waals surface area (Å²) < 4.78 is 5.59. The SMILES string of the molecule is CN1C(C)(CC=O)COC1(C)C. The Morgan fingerprint density at radius 1 is 1.50 bits per heavy atom. The van der Waals surface area contributed by atoms with E-state index in [0.29, 0.717) is 13.0 Å². The lowest BCUT2D eigenvalue weighted by atomic mass is 9.98. The molecule has 1 rings (SSSR count). The molecule has 0 aliphatic carbocycles. The number of likely N-dealkylation sites (N-methyl/N-ethyl adjacent to an activating group) is 1. The van der Waals surface area contributed by atoms with Crippen molar-refractivity contribution in [2.24, 2.45) is 0 Å². The maximum Gasteiger partial charge on any atom is 0.121 e. The monoisotopic (exact) mass is 171 g/mol. The molecule has 0 N–H and O–H groups in total. The first-order valence-corrected chi connectivity index (χ1v) is 4.24. The zero-order chi connectivity index (χ0) is 9.41. The number of carbonyl (C=O) groups excluding carboxylic acids is 1. The van der Waals surface area contributed by atoms with Crippen molar-refractivity contribution in [3.63, 3.8) is 0 Å². The van der Waals surface area contributed by atoms with Gasteiger partial charge in [0.2, 0.25) is 0 Å². The van der Waals surface area contributed by atoms with Gasteiger partial charge in [0.05, 0.1) is 12.1 Å². The third-order valence-corrected chi connectivity index (χ3v) is 2.88. The summed E-state index contributed by atoms with van der Waals surface area (Å²) in [6, 6.07) is 0. The molecular formula is C9H17NO2. The van der Waals surface area contributed by atoms with Crippen molar-refractivity contribution < 1.29 is 9.53 Å². The number of rotatable bonds is 2. The standard InChI is InChI=1S/C9H17NO2/c1-8(2)10(4)9(3,5-6-11)7-12-8/h6H,5,7H2,1-4H3. The topological polar surface area (TPSA) is 29.5 Å². The van der Waals surface area contributed by atoms with Crippen molar-refractivity contribution in [2.75, 3.05) is 13.7 Å². The van der Waals surface area contributed by atoms with Gasteiger partial charge in [-0.2, -0.15) is 0 Å². The number of hydrogen-bond donors (Lipinski definition) is 0. The zero-order valence-electron chi connectivity index (χ0n) is 8.26. The fraction of sp³-hybridized carbons (Fsp3) is 0.889. The van der Waals surface area contributed by atoms with Gasteiger partial charge in [-0.1, -0.05) is 0 Å². The molecule has 0 aromatic heterocycles. The minimum Gasteiger partial charge on any atom is -0.359 e. The number of aldehydes is 1. The van der Waals surface area contributed by atoms with Gasteiger partial charge >= 0.3 is 0 Å². The van der Waals surface area contributed by atoms with E-state index in [0.717, 1.165) is 6.29 Å². The molecule has 0 saturated carbocycles. The molecule has 1 aliphatic rings. The van der Waals surface area contributed by atoms with Gasteiger partial charge in [0.25, 0.3) is 0 Å². The van der Waals surface area contributed by atoms with Gasteiger partial charge in [0.15, 0.2) is 0 Å². The average Bonchev–Trinajstić information content (AvgIpc) is 2.17. The van der Waals surface area contributed by atoms with E-state index in [1.807, 2.05) is 20.9 Å². The highest BCUT2D eigenvalue weighted by atomic mass is 16.5. The third-order valence-electron chi connectivity index (χ3n) is 2.88. The highest BCUT2D eigenvalue weighted by Gasteiger charge is 2.45. The number of hydrogen-bond acceptors (Lipinski definition) is 3. The van der Waals surface area contributed by atoms with E-state index < -0.39 is 0 Å². The Bertz CT molecular complexity index is 191. The maximum absolute atomic E-state index is 10.4. The fourth-order valence-electron chi connectivity index (χ4n) is 1.55. The highest BCUT2D eigenvalue weighted by Crippen LogP contribution is 2.34. The van der Waals surface area contributed by atoms with Crippen molar-refractivity contribution in [2.45, 2.75) is 38.5 Å².